The van der Waals surface area contributed by atoms with Crippen LogP contribution in [0.2, 0.25) is 0 Å². The number of ether oxygens (including phenoxy) is 1. The Morgan fingerprint density at radius 1 is 1.17 bits per heavy atom. The van der Waals surface area contributed by atoms with E-state index in [0.29, 0.717) is 30.6 Å². The van der Waals surface area contributed by atoms with Gasteiger partial charge in [0.1, 0.15) is 5.75 Å². The molecule has 6 heteroatoms. The van der Waals surface area contributed by atoms with Gasteiger partial charge in [-0.3, -0.25) is 14.4 Å². The van der Waals surface area contributed by atoms with Gasteiger partial charge in [-0.15, -0.1) is 0 Å². The number of rotatable bonds is 7. The highest BCUT2D eigenvalue weighted by Gasteiger charge is 2.30. The Bertz CT molecular complexity index is 581. The van der Waals surface area contributed by atoms with Crippen LogP contribution in [0.1, 0.15) is 42.5 Å². The van der Waals surface area contributed by atoms with E-state index in [-0.39, 0.29) is 36.5 Å². The maximum Gasteiger partial charge on any atom is 0.306 e. The molecule has 2 atom stereocenters. The summed E-state index contributed by atoms with van der Waals surface area (Å²) in [5, 5.41) is 11.8. The number of carbonyl (C=O) groups excluding carboxylic acids is 2. The summed E-state index contributed by atoms with van der Waals surface area (Å²) in [6, 6.07) is 6.66. The molecule has 0 unspecified atom stereocenters. The third-order valence-electron chi connectivity index (χ3n) is 4.14. The monoisotopic (exact) mass is 319 g/mol. The molecule has 124 valence electrons. The number of methoxy groups -OCH3 is 1. The summed E-state index contributed by atoms with van der Waals surface area (Å²) >= 11 is 0. The fourth-order valence-corrected chi connectivity index (χ4v) is 2.79. The Hall–Kier alpha value is -2.37. The van der Waals surface area contributed by atoms with Crippen molar-refractivity contribution in [1.82, 2.24) is 5.32 Å². The number of hydrogen-bond donors (Lipinski definition) is 2. The largest absolute Gasteiger partial charge is 0.497 e. The van der Waals surface area contributed by atoms with Crippen LogP contribution in [0.25, 0.3) is 0 Å². The van der Waals surface area contributed by atoms with E-state index in [0.717, 1.165) is 0 Å². The molecule has 1 aliphatic rings. The molecular weight excluding hydrogens is 298 g/mol. The van der Waals surface area contributed by atoms with Crippen molar-refractivity contribution in [3.8, 4) is 5.75 Å². The minimum absolute atomic E-state index is 0.0975. The summed E-state index contributed by atoms with van der Waals surface area (Å²) in [6.07, 6.45) is 1.97. The fourth-order valence-electron chi connectivity index (χ4n) is 2.79. The molecule has 1 fully saturated rings. The summed E-state index contributed by atoms with van der Waals surface area (Å²) in [7, 11) is 1.55. The molecule has 1 aliphatic carbocycles. The van der Waals surface area contributed by atoms with Gasteiger partial charge in [0.05, 0.1) is 13.0 Å². The van der Waals surface area contributed by atoms with E-state index in [1.807, 2.05) is 0 Å². The zero-order chi connectivity index (χ0) is 16.8. The Balaban J connectivity index is 1.75. The molecule has 0 saturated heterocycles. The zero-order valence-corrected chi connectivity index (χ0v) is 13.1. The highest BCUT2D eigenvalue weighted by Crippen LogP contribution is 2.25. The lowest BCUT2D eigenvalue weighted by atomic mass is 10.1. The maximum atomic E-state index is 12.0. The SMILES string of the molecule is COc1ccc(C(=O)CCC(=O)N[C@@H]2CC[C@H](C(=O)O)C2)cc1. The summed E-state index contributed by atoms with van der Waals surface area (Å²) in [6.45, 7) is 0. The lowest BCUT2D eigenvalue weighted by Crippen LogP contribution is -2.33. The molecule has 1 aromatic rings. The number of carboxylic acid groups (broad SMARTS) is 1. The van der Waals surface area contributed by atoms with Gasteiger partial charge in [-0.2, -0.15) is 0 Å². The van der Waals surface area contributed by atoms with Gasteiger partial charge in [-0.25, -0.2) is 0 Å². The molecule has 6 nitrogen and oxygen atoms in total. The molecule has 0 heterocycles. The van der Waals surface area contributed by atoms with Crippen LogP contribution in [0.15, 0.2) is 24.3 Å². The zero-order valence-electron chi connectivity index (χ0n) is 13.1. The first-order valence-electron chi connectivity index (χ1n) is 7.69. The normalized spacial score (nSPS) is 20.0. The number of hydrogen-bond acceptors (Lipinski definition) is 4. The molecule has 1 amide bonds. The summed E-state index contributed by atoms with van der Waals surface area (Å²) < 4.78 is 5.03. The van der Waals surface area contributed by atoms with Crippen LogP contribution in [-0.2, 0) is 9.59 Å². The number of carbonyl (C=O) groups is 3. The van der Waals surface area contributed by atoms with E-state index >= 15 is 0 Å². The highest BCUT2D eigenvalue weighted by molar-refractivity contribution is 5.98. The minimum atomic E-state index is -0.809. The van der Waals surface area contributed by atoms with Gasteiger partial charge < -0.3 is 15.2 Å². The predicted octanol–water partition coefficient (Wildman–Crippen LogP) is 2.03. The van der Waals surface area contributed by atoms with Crippen LogP contribution in [0.3, 0.4) is 0 Å². The number of Topliss-reactive ketones (excluding diaryl/α,β-unsaturated/α-hetero) is 1. The van der Waals surface area contributed by atoms with E-state index in [1.54, 1.807) is 31.4 Å². The van der Waals surface area contributed by atoms with Crippen molar-refractivity contribution in [2.75, 3.05) is 7.11 Å². The minimum Gasteiger partial charge on any atom is -0.497 e. The summed E-state index contributed by atoms with van der Waals surface area (Å²) in [4.78, 5) is 34.8. The Morgan fingerprint density at radius 3 is 2.43 bits per heavy atom. The van der Waals surface area contributed by atoms with Gasteiger partial charge in [-0.05, 0) is 43.5 Å². The average Bonchev–Trinajstić information content (AvgIpc) is 3.01. The van der Waals surface area contributed by atoms with Crippen LogP contribution in [-0.4, -0.2) is 35.9 Å². The van der Waals surface area contributed by atoms with Gasteiger partial charge in [0.15, 0.2) is 5.78 Å². The number of aliphatic carboxylic acids is 1. The van der Waals surface area contributed by atoms with Crippen molar-refractivity contribution in [2.24, 2.45) is 5.92 Å². The Kier molecular flexibility index (Phi) is 5.73. The van der Waals surface area contributed by atoms with Gasteiger partial charge in [-0.1, -0.05) is 0 Å². The highest BCUT2D eigenvalue weighted by atomic mass is 16.5. The third-order valence-corrected chi connectivity index (χ3v) is 4.14. The Morgan fingerprint density at radius 2 is 1.87 bits per heavy atom. The number of nitrogens with one attached hydrogen (secondary N) is 1. The standard InChI is InChI=1S/C17H21NO5/c1-23-14-6-3-11(4-7-14)15(19)8-9-16(20)18-13-5-2-12(10-13)17(21)22/h3-4,6-7,12-13H,2,5,8-10H2,1H3,(H,18,20)(H,21,22)/t12-,13+/m0/s1. The predicted molar refractivity (Wildman–Crippen MR) is 83.5 cm³/mol. The second-order valence-corrected chi connectivity index (χ2v) is 5.76. The molecule has 0 bridgehead atoms. The average molecular weight is 319 g/mol. The van der Waals surface area contributed by atoms with Gasteiger partial charge in [0.25, 0.3) is 0 Å². The fraction of sp³-hybridized carbons (Fsp3) is 0.471. The summed E-state index contributed by atoms with van der Waals surface area (Å²) in [5.74, 6) is -0.813. The van der Waals surface area contributed by atoms with Crippen molar-refractivity contribution in [3.63, 3.8) is 0 Å². The topological polar surface area (TPSA) is 92.7 Å². The number of ketones is 1. The van der Waals surface area contributed by atoms with Crippen LogP contribution in [0.4, 0.5) is 0 Å². The molecule has 0 aliphatic heterocycles. The molecule has 1 aromatic carbocycles. The molecule has 0 radical (unpaired) electrons. The van der Waals surface area contributed by atoms with Crippen LogP contribution in [0, 0.1) is 5.92 Å². The van der Waals surface area contributed by atoms with E-state index in [4.69, 9.17) is 9.84 Å². The second kappa shape index (κ2) is 7.76. The molecule has 2 N–H and O–H groups in total. The quantitative estimate of drug-likeness (QED) is 0.750. The lowest BCUT2D eigenvalue weighted by molar-refractivity contribution is -0.141. The van der Waals surface area contributed by atoms with Gasteiger partial charge >= 0.3 is 5.97 Å². The third kappa shape index (κ3) is 4.81. The molecular formula is C17H21NO5. The Labute approximate surface area is 134 Å². The van der Waals surface area contributed by atoms with Crippen molar-refractivity contribution in [2.45, 2.75) is 38.1 Å². The van der Waals surface area contributed by atoms with Crippen LogP contribution in [0.5, 0.6) is 5.75 Å². The molecule has 0 spiro atoms. The van der Waals surface area contributed by atoms with Crippen LogP contribution < -0.4 is 10.1 Å². The van der Waals surface area contributed by atoms with E-state index in [1.165, 1.54) is 0 Å². The summed E-state index contributed by atoms with van der Waals surface area (Å²) in [5.41, 5.74) is 0.547. The molecule has 0 aromatic heterocycles. The van der Waals surface area contributed by atoms with Crippen molar-refractivity contribution >= 4 is 17.7 Å². The molecule has 1 saturated carbocycles. The number of carboxylic acids is 1. The smallest absolute Gasteiger partial charge is 0.306 e. The lowest BCUT2D eigenvalue weighted by Gasteiger charge is -2.12. The van der Waals surface area contributed by atoms with E-state index in [2.05, 4.69) is 5.32 Å². The number of amides is 1. The van der Waals surface area contributed by atoms with Crippen LogP contribution >= 0.6 is 0 Å². The number of benzene rings is 1. The van der Waals surface area contributed by atoms with Crippen molar-refractivity contribution in [3.05, 3.63) is 29.8 Å². The molecule has 2 rings (SSSR count). The van der Waals surface area contributed by atoms with Crippen molar-refractivity contribution < 1.29 is 24.2 Å². The first-order valence-corrected chi connectivity index (χ1v) is 7.69. The molecule has 23 heavy (non-hydrogen) atoms. The first-order chi connectivity index (χ1) is 11.0. The van der Waals surface area contributed by atoms with Gasteiger partial charge in [0.2, 0.25) is 5.91 Å². The van der Waals surface area contributed by atoms with Gasteiger partial charge in [0, 0.05) is 24.4 Å². The maximum absolute atomic E-state index is 12.0. The van der Waals surface area contributed by atoms with Crippen molar-refractivity contribution in [1.29, 1.82) is 0 Å². The van der Waals surface area contributed by atoms with E-state index in [9.17, 15) is 14.4 Å². The second-order valence-electron chi connectivity index (χ2n) is 5.76. The first kappa shape index (κ1) is 17.0. The van der Waals surface area contributed by atoms with E-state index < -0.39 is 5.97 Å².